The van der Waals surface area contributed by atoms with E-state index in [1.807, 2.05) is 79.1 Å². The van der Waals surface area contributed by atoms with Gasteiger partial charge in [-0.2, -0.15) is 5.10 Å². The number of hydrogen-bond acceptors (Lipinski definition) is 7. The Morgan fingerprint density at radius 1 is 1.09 bits per heavy atom. The van der Waals surface area contributed by atoms with Gasteiger partial charge < -0.3 is 4.74 Å². The summed E-state index contributed by atoms with van der Waals surface area (Å²) < 4.78 is 7.21. The van der Waals surface area contributed by atoms with Gasteiger partial charge in [-0.1, -0.05) is 35.5 Å². The lowest BCUT2D eigenvalue weighted by Gasteiger charge is -2.11. The second-order valence-corrected chi connectivity index (χ2v) is 8.41. The first-order chi connectivity index (χ1) is 16.5. The molecule has 4 rings (SSSR count). The van der Waals surface area contributed by atoms with Gasteiger partial charge in [0.25, 0.3) is 5.91 Å². The fourth-order valence-electron chi connectivity index (χ4n) is 3.17. The Morgan fingerprint density at radius 3 is 2.53 bits per heavy atom. The van der Waals surface area contributed by atoms with Crippen molar-refractivity contribution in [1.29, 1.82) is 0 Å². The number of aryl methyl sites for hydroxylation is 1. The van der Waals surface area contributed by atoms with Crippen LogP contribution in [0.2, 0.25) is 0 Å². The Balaban J connectivity index is 1.54. The van der Waals surface area contributed by atoms with E-state index in [2.05, 4.69) is 25.7 Å². The molecule has 1 amide bonds. The number of ether oxygens (including phenoxy) is 1. The molecule has 0 fully saturated rings. The quantitative estimate of drug-likeness (QED) is 0.234. The largest absolute Gasteiger partial charge is 0.497 e. The molecule has 0 saturated heterocycles. The van der Waals surface area contributed by atoms with Crippen molar-refractivity contribution in [2.45, 2.75) is 19.0 Å². The normalized spacial score (nSPS) is 11.3. The SMILES string of the molecule is COc1ccc(-c2nnc(SCC(=O)NN=C(C)c3cccnc3)n2-c2ccc(C)cc2)cc1. The lowest BCUT2D eigenvalue weighted by atomic mass is 10.2. The molecule has 34 heavy (non-hydrogen) atoms. The summed E-state index contributed by atoms with van der Waals surface area (Å²) in [7, 11) is 1.63. The molecule has 0 aliphatic heterocycles. The molecule has 0 aliphatic carbocycles. The third-order valence-electron chi connectivity index (χ3n) is 5.03. The number of thioether (sulfide) groups is 1. The van der Waals surface area contributed by atoms with E-state index in [1.54, 1.807) is 19.5 Å². The summed E-state index contributed by atoms with van der Waals surface area (Å²) in [4.78, 5) is 16.5. The van der Waals surface area contributed by atoms with Gasteiger partial charge in [0.2, 0.25) is 0 Å². The van der Waals surface area contributed by atoms with Crippen molar-refractivity contribution < 1.29 is 9.53 Å². The average Bonchev–Trinajstić information content (AvgIpc) is 3.31. The number of amides is 1. The van der Waals surface area contributed by atoms with E-state index in [0.29, 0.717) is 16.7 Å². The monoisotopic (exact) mass is 472 g/mol. The molecule has 0 saturated carbocycles. The number of pyridine rings is 1. The number of hydrazone groups is 1. The van der Waals surface area contributed by atoms with Crippen LogP contribution in [0.15, 0.2) is 83.3 Å². The number of rotatable bonds is 8. The molecule has 172 valence electrons. The summed E-state index contributed by atoms with van der Waals surface area (Å²) in [5.41, 5.74) is 7.07. The van der Waals surface area contributed by atoms with Crippen LogP contribution in [-0.2, 0) is 4.79 Å². The van der Waals surface area contributed by atoms with Crippen molar-refractivity contribution in [3.8, 4) is 22.8 Å². The molecule has 1 N–H and O–H groups in total. The zero-order valence-electron chi connectivity index (χ0n) is 19.1. The number of aromatic nitrogens is 4. The smallest absolute Gasteiger partial charge is 0.250 e. The van der Waals surface area contributed by atoms with Gasteiger partial charge in [0.1, 0.15) is 5.75 Å². The zero-order chi connectivity index (χ0) is 23.9. The van der Waals surface area contributed by atoms with Crippen molar-refractivity contribution in [1.82, 2.24) is 25.2 Å². The van der Waals surface area contributed by atoms with Crippen molar-refractivity contribution in [2.24, 2.45) is 5.10 Å². The third-order valence-corrected chi connectivity index (χ3v) is 5.96. The van der Waals surface area contributed by atoms with E-state index in [0.717, 1.165) is 28.1 Å². The minimum absolute atomic E-state index is 0.135. The first-order valence-corrected chi connectivity index (χ1v) is 11.6. The highest BCUT2D eigenvalue weighted by atomic mass is 32.2. The molecule has 9 heteroatoms. The number of hydrogen-bond donors (Lipinski definition) is 1. The van der Waals surface area contributed by atoms with Crippen LogP contribution in [0, 0.1) is 6.92 Å². The van der Waals surface area contributed by atoms with Crippen molar-refractivity contribution in [3.05, 3.63) is 84.2 Å². The maximum Gasteiger partial charge on any atom is 0.250 e. The van der Waals surface area contributed by atoms with Crippen LogP contribution in [0.4, 0.5) is 0 Å². The summed E-state index contributed by atoms with van der Waals surface area (Å²) in [6.45, 7) is 3.86. The van der Waals surface area contributed by atoms with Gasteiger partial charge in [-0.05, 0) is 56.3 Å². The van der Waals surface area contributed by atoms with Gasteiger partial charge in [0.05, 0.1) is 18.6 Å². The van der Waals surface area contributed by atoms with Gasteiger partial charge in [0, 0.05) is 29.2 Å². The van der Waals surface area contributed by atoms with Gasteiger partial charge >= 0.3 is 0 Å². The van der Waals surface area contributed by atoms with Crippen molar-refractivity contribution >= 4 is 23.4 Å². The van der Waals surface area contributed by atoms with E-state index >= 15 is 0 Å². The fourth-order valence-corrected chi connectivity index (χ4v) is 3.91. The Bertz CT molecular complexity index is 1290. The molecule has 0 spiro atoms. The predicted octanol–water partition coefficient (Wildman–Crippen LogP) is 4.28. The van der Waals surface area contributed by atoms with Gasteiger partial charge in [-0.15, -0.1) is 10.2 Å². The summed E-state index contributed by atoms with van der Waals surface area (Å²) in [6.07, 6.45) is 3.39. The zero-order valence-corrected chi connectivity index (χ0v) is 19.9. The fraction of sp³-hybridized carbons (Fsp3) is 0.160. The lowest BCUT2D eigenvalue weighted by molar-refractivity contribution is -0.118. The standard InChI is InChI=1S/C25H24N6O2S/c1-17-6-10-21(11-7-17)31-24(19-8-12-22(33-3)13-9-19)29-30-25(31)34-16-23(32)28-27-18(2)20-5-4-14-26-15-20/h4-15H,16H2,1-3H3,(H,28,32). The molecule has 2 heterocycles. The maximum atomic E-state index is 12.5. The van der Waals surface area contributed by atoms with Crippen molar-refractivity contribution in [2.75, 3.05) is 12.9 Å². The minimum Gasteiger partial charge on any atom is -0.497 e. The second-order valence-electron chi connectivity index (χ2n) is 7.47. The summed E-state index contributed by atoms with van der Waals surface area (Å²) in [5, 5.41) is 13.6. The topological polar surface area (TPSA) is 94.3 Å². The highest BCUT2D eigenvalue weighted by Crippen LogP contribution is 2.29. The number of nitrogens with one attached hydrogen (secondary N) is 1. The van der Waals surface area contributed by atoms with E-state index in [1.165, 1.54) is 11.8 Å². The molecule has 0 unspecified atom stereocenters. The molecule has 0 bridgehead atoms. The summed E-state index contributed by atoms with van der Waals surface area (Å²) in [5.74, 6) is 1.34. The molecule has 8 nitrogen and oxygen atoms in total. The first kappa shape index (κ1) is 23.2. The summed E-state index contributed by atoms with van der Waals surface area (Å²) >= 11 is 1.30. The van der Waals surface area contributed by atoms with E-state index in [-0.39, 0.29) is 11.7 Å². The molecule has 4 aromatic rings. The molecule has 0 atom stereocenters. The number of benzene rings is 2. The highest BCUT2D eigenvalue weighted by molar-refractivity contribution is 7.99. The molecular weight excluding hydrogens is 448 g/mol. The number of carbonyl (C=O) groups is 1. The predicted molar refractivity (Wildman–Crippen MR) is 133 cm³/mol. The average molecular weight is 473 g/mol. The first-order valence-electron chi connectivity index (χ1n) is 10.6. The highest BCUT2D eigenvalue weighted by Gasteiger charge is 2.17. The molecule has 0 aliphatic rings. The Labute approximate surface area is 202 Å². The van der Waals surface area contributed by atoms with Crippen LogP contribution < -0.4 is 10.2 Å². The number of methoxy groups -OCH3 is 1. The minimum atomic E-state index is -0.238. The number of nitrogens with zero attached hydrogens (tertiary/aromatic N) is 5. The van der Waals surface area contributed by atoms with Gasteiger partial charge in [-0.3, -0.25) is 14.3 Å². The molecule has 2 aromatic carbocycles. The third kappa shape index (κ3) is 5.49. The van der Waals surface area contributed by atoms with E-state index < -0.39 is 0 Å². The molecule has 2 aromatic heterocycles. The van der Waals surface area contributed by atoms with Crippen molar-refractivity contribution in [3.63, 3.8) is 0 Å². The van der Waals surface area contributed by atoms with Crippen LogP contribution >= 0.6 is 11.8 Å². The Morgan fingerprint density at radius 2 is 1.85 bits per heavy atom. The van der Waals surface area contributed by atoms with E-state index in [4.69, 9.17) is 4.74 Å². The Kier molecular flexibility index (Phi) is 7.34. The lowest BCUT2D eigenvalue weighted by Crippen LogP contribution is -2.21. The van der Waals surface area contributed by atoms with Crippen LogP contribution in [0.1, 0.15) is 18.1 Å². The molecule has 0 radical (unpaired) electrons. The van der Waals surface area contributed by atoms with Crippen LogP contribution in [-0.4, -0.2) is 44.2 Å². The van der Waals surface area contributed by atoms with E-state index in [9.17, 15) is 4.79 Å². The van der Waals surface area contributed by atoms with Crippen LogP contribution in [0.5, 0.6) is 5.75 Å². The van der Waals surface area contributed by atoms with Gasteiger partial charge in [0.15, 0.2) is 11.0 Å². The second kappa shape index (κ2) is 10.8. The van der Waals surface area contributed by atoms with Gasteiger partial charge in [-0.25, -0.2) is 5.43 Å². The van der Waals surface area contributed by atoms with Crippen LogP contribution in [0.25, 0.3) is 17.1 Å². The summed E-state index contributed by atoms with van der Waals surface area (Å²) in [6, 6.07) is 19.4. The molecular formula is C25H24N6O2S. The number of carbonyl (C=O) groups excluding carboxylic acids is 1. The maximum absolute atomic E-state index is 12.5. The van der Waals surface area contributed by atoms with Crippen LogP contribution in [0.3, 0.4) is 0 Å². The Hall–Kier alpha value is -3.98.